The van der Waals surface area contributed by atoms with Crippen molar-refractivity contribution in [3.05, 3.63) is 88.1 Å². The summed E-state index contributed by atoms with van der Waals surface area (Å²) < 4.78 is 7.73. The molecule has 0 spiro atoms. The van der Waals surface area contributed by atoms with Crippen LogP contribution in [0.15, 0.2) is 70.6 Å². The Hall–Kier alpha value is -3.25. The summed E-state index contributed by atoms with van der Waals surface area (Å²) in [5.41, 5.74) is 5.38. The largest absolute Gasteiger partial charge is 0.494 e. The molecule has 1 amide bonds. The maximum Gasteiger partial charge on any atom is 0.264 e. The molecule has 2 heterocycles. The fraction of sp³-hybridized carbons (Fsp3) is 0.200. The van der Waals surface area contributed by atoms with Gasteiger partial charge in [-0.15, -0.1) is 0 Å². The zero-order valence-corrected chi connectivity index (χ0v) is 18.7. The van der Waals surface area contributed by atoms with Gasteiger partial charge in [-0.05, 0) is 80.1 Å². The molecular weight excluding hydrogens is 406 g/mol. The lowest BCUT2D eigenvalue weighted by Crippen LogP contribution is -2.19. The average molecular weight is 432 g/mol. The Bertz CT molecular complexity index is 1150. The highest BCUT2D eigenvalue weighted by Crippen LogP contribution is 2.30. The van der Waals surface area contributed by atoms with Crippen LogP contribution in [0.4, 0.5) is 5.69 Å². The molecule has 1 aliphatic rings. The Morgan fingerprint density at radius 1 is 1.10 bits per heavy atom. The summed E-state index contributed by atoms with van der Waals surface area (Å²) in [6.07, 6.45) is 1.95. The predicted molar refractivity (Wildman–Crippen MR) is 128 cm³/mol. The average Bonchev–Trinajstić information content (AvgIpc) is 3.24. The fourth-order valence-electron chi connectivity index (χ4n) is 3.51. The third kappa shape index (κ3) is 4.91. The van der Waals surface area contributed by atoms with Crippen molar-refractivity contribution in [1.29, 1.82) is 0 Å². The van der Waals surface area contributed by atoms with Crippen LogP contribution >= 0.6 is 11.8 Å². The van der Waals surface area contributed by atoms with E-state index in [2.05, 4.69) is 59.1 Å². The molecule has 31 heavy (non-hydrogen) atoms. The molecule has 5 nitrogen and oxygen atoms in total. The van der Waals surface area contributed by atoms with Crippen LogP contribution in [0.5, 0.6) is 5.75 Å². The Balaban J connectivity index is 1.53. The van der Waals surface area contributed by atoms with Crippen LogP contribution in [0.3, 0.4) is 0 Å². The Morgan fingerprint density at radius 3 is 2.55 bits per heavy atom. The number of nitrogens with one attached hydrogen (secondary N) is 1. The molecule has 0 atom stereocenters. The van der Waals surface area contributed by atoms with E-state index in [9.17, 15) is 4.79 Å². The standard InChI is InChI=1S/C25H25N3O2S/c1-4-30-22-12-10-21(11-13-22)26-25-27-24(29)23(31-25)15-20-14-17(2)28(18(20)3)16-19-8-6-5-7-9-19/h5-15H,4,16H2,1-3H3,(H,26,27,29)/b23-15+. The number of nitrogens with zero attached hydrogens (tertiary/aromatic N) is 2. The molecular formula is C25H25N3O2S. The zero-order chi connectivity index (χ0) is 21.8. The molecule has 1 aliphatic heterocycles. The summed E-state index contributed by atoms with van der Waals surface area (Å²) in [4.78, 5) is 17.7. The summed E-state index contributed by atoms with van der Waals surface area (Å²) >= 11 is 1.36. The van der Waals surface area contributed by atoms with E-state index in [0.29, 0.717) is 16.7 Å². The number of hydrogen-bond acceptors (Lipinski definition) is 4. The highest BCUT2D eigenvalue weighted by molar-refractivity contribution is 8.18. The summed E-state index contributed by atoms with van der Waals surface area (Å²) in [5, 5.41) is 3.44. The molecule has 0 radical (unpaired) electrons. The molecule has 0 bridgehead atoms. The number of amidine groups is 1. The van der Waals surface area contributed by atoms with Gasteiger partial charge in [0.1, 0.15) is 5.75 Å². The van der Waals surface area contributed by atoms with Crippen LogP contribution in [-0.2, 0) is 11.3 Å². The van der Waals surface area contributed by atoms with Gasteiger partial charge in [-0.2, -0.15) is 0 Å². The topological polar surface area (TPSA) is 55.6 Å². The minimum atomic E-state index is -0.123. The van der Waals surface area contributed by atoms with E-state index in [-0.39, 0.29) is 5.91 Å². The molecule has 3 aromatic rings. The normalized spacial score (nSPS) is 16.2. The van der Waals surface area contributed by atoms with Crippen LogP contribution in [0.1, 0.15) is 29.4 Å². The van der Waals surface area contributed by atoms with Crippen LogP contribution in [0, 0.1) is 13.8 Å². The van der Waals surface area contributed by atoms with Crippen molar-refractivity contribution in [1.82, 2.24) is 9.88 Å². The first-order valence-corrected chi connectivity index (χ1v) is 11.1. The lowest BCUT2D eigenvalue weighted by Gasteiger charge is -2.09. The van der Waals surface area contributed by atoms with Gasteiger partial charge in [0, 0.05) is 17.9 Å². The highest BCUT2D eigenvalue weighted by Gasteiger charge is 2.24. The highest BCUT2D eigenvalue weighted by atomic mass is 32.2. The van der Waals surface area contributed by atoms with E-state index in [4.69, 9.17) is 4.74 Å². The molecule has 1 aromatic heterocycles. The lowest BCUT2D eigenvalue weighted by atomic mass is 10.2. The van der Waals surface area contributed by atoms with Crippen molar-refractivity contribution >= 4 is 34.6 Å². The van der Waals surface area contributed by atoms with Crippen LogP contribution in [0.2, 0.25) is 0 Å². The fourth-order valence-corrected chi connectivity index (χ4v) is 4.34. The van der Waals surface area contributed by atoms with E-state index in [1.807, 2.05) is 43.3 Å². The zero-order valence-electron chi connectivity index (χ0n) is 17.9. The SMILES string of the molecule is CCOc1ccc(N=C2NC(=O)/C(=C\c3cc(C)n(Cc4ccccc4)c3C)S2)cc1. The Kier molecular flexibility index (Phi) is 6.28. The summed E-state index contributed by atoms with van der Waals surface area (Å²) in [6, 6.07) is 20.0. The molecule has 0 saturated carbocycles. The van der Waals surface area contributed by atoms with Gasteiger partial charge in [0.15, 0.2) is 5.17 Å². The Morgan fingerprint density at radius 2 is 1.84 bits per heavy atom. The van der Waals surface area contributed by atoms with Crippen molar-refractivity contribution in [3.8, 4) is 5.75 Å². The Labute approximate surface area is 186 Å². The van der Waals surface area contributed by atoms with Crippen LogP contribution in [-0.4, -0.2) is 22.2 Å². The smallest absolute Gasteiger partial charge is 0.264 e. The van der Waals surface area contributed by atoms with Crippen molar-refractivity contribution in [3.63, 3.8) is 0 Å². The number of carbonyl (C=O) groups excluding carboxylic acids is 1. The number of ether oxygens (including phenoxy) is 1. The second kappa shape index (κ2) is 9.27. The third-order valence-corrected chi connectivity index (χ3v) is 6.02. The number of thioether (sulfide) groups is 1. The second-order valence-electron chi connectivity index (χ2n) is 7.31. The molecule has 0 unspecified atom stereocenters. The van der Waals surface area contributed by atoms with Gasteiger partial charge in [0.25, 0.3) is 5.91 Å². The van der Waals surface area contributed by atoms with E-state index >= 15 is 0 Å². The summed E-state index contributed by atoms with van der Waals surface area (Å²) in [7, 11) is 0. The molecule has 4 rings (SSSR count). The number of carbonyl (C=O) groups is 1. The van der Waals surface area contributed by atoms with E-state index in [1.54, 1.807) is 0 Å². The predicted octanol–water partition coefficient (Wildman–Crippen LogP) is 5.44. The first-order chi connectivity index (χ1) is 15.0. The van der Waals surface area contributed by atoms with Crippen molar-refractivity contribution in [2.24, 2.45) is 4.99 Å². The van der Waals surface area contributed by atoms with E-state index < -0.39 is 0 Å². The number of aryl methyl sites for hydroxylation is 1. The number of benzene rings is 2. The molecule has 2 aromatic carbocycles. The number of aromatic nitrogens is 1. The van der Waals surface area contributed by atoms with Crippen molar-refractivity contribution in [2.75, 3.05) is 6.61 Å². The molecule has 1 fully saturated rings. The number of aliphatic imine (C=N–C) groups is 1. The minimum Gasteiger partial charge on any atom is -0.494 e. The van der Waals surface area contributed by atoms with Gasteiger partial charge >= 0.3 is 0 Å². The van der Waals surface area contributed by atoms with Crippen LogP contribution in [0.25, 0.3) is 6.08 Å². The van der Waals surface area contributed by atoms with Gasteiger partial charge in [-0.1, -0.05) is 30.3 Å². The van der Waals surface area contributed by atoms with Gasteiger partial charge in [-0.3, -0.25) is 4.79 Å². The maximum atomic E-state index is 12.5. The van der Waals surface area contributed by atoms with Gasteiger partial charge in [-0.25, -0.2) is 4.99 Å². The van der Waals surface area contributed by atoms with E-state index in [1.165, 1.54) is 23.0 Å². The first kappa shape index (κ1) is 21.0. The van der Waals surface area contributed by atoms with Gasteiger partial charge in [0.2, 0.25) is 0 Å². The number of amides is 1. The first-order valence-electron chi connectivity index (χ1n) is 10.3. The van der Waals surface area contributed by atoms with Gasteiger partial charge in [0.05, 0.1) is 17.2 Å². The molecule has 1 saturated heterocycles. The monoisotopic (exact) mass is 431 g/mol. The van der Waals surface area contributed by atoms with Gasteiger partial charge < -0.3 is 14.6 Å². The minimum absolute atomic E-state index is 0.123. The maximum absolute atomic E-state index is 12.5. The number of rotatable bonds is 6. The van der Waals surface area contributed by atoms with Crippen molar-refractivity contribution < 1.29 is 9.53 Å². The molecule has 0 aliphatic carbocycles. The molecule has 6 heteroatoms. The lowest BCUT2D eigenvalue weighted by molar-refractivity contribution is -0.115. The summed E-state index contributed by atoms with van der Waals surface area (Å²) in [5.74, 6) is 0.684. The third-order valence-electron chi connectivity index (χ3n) is 5.11. The second-order valence-corrected chi connectivity index (χ2v) is 8.34. The summed E-state index contributed by atoms with van der Waals surface area (Å²) in [6.45, 7) is 7.57. The molecule has 1 N–H and O–H groups in total. The van der Waals surface area contributed by atoms with Crippen LogP contribution < -0.4 is 10.1 Å². The van der Waals surface area contributed by atoms with Crippen molar-refractivity contribution in [2.45, 2.75) is 27.3 Å². The number of hydrogen-bond donors (Lipinski definition) is 1. The molecule has 158 valence electrons. The van der Waals surface area contributed by atoms with E-state index in [0.717, 1.165) is 29.2 Å². The quantitative estimate of drug-likeness (QED) is 0.529.